The normalized spacial score (nSPS) is 15.8. The van der Waals surface area contributed by atoms with E-state index in [1.807, 2.05) is 22.8 Å². The molecule has 0 spiro atoms. The highest BCUT2D eigenvalue weighted by molar-refractivity contribution is 5.45. The largest absolute Gasteiger partial charge is 0.368 e. The molecule has 5 nitrogen and oxygen atoms in total. The fourth-order valence-corrected chi connectivity index (χ4v) is 2.24. The van der Waals surface area contributed by atoms with E-state index in [0.717, 1.165) is 36.0 Å². The average Bonchev–Trinajstić information content (AvgIpc) is 2.69. The standard InChI is InChI=1S/C13H19N5/c14-7-6-11-9-18-13(16-11)5-4-12(17-18)15-8-10-2-1-3-10/h4-5,9-10H,1-3,6-8,14H2,(H,15,17). The van der Waals surface area contributed by atoms with Gasteiger partial charge in [0.25, 0.3) is 0 Å². The van der Waals surface area contributed by atoms with Crippen molar-refractivity contribution in [2.75, 3.05) is 18.4 Å². The molecular formula is C13H19N5. The first-order chi connectivity index (χ1) is 8.85. The number of nitrogens with zero attached hydrogens (tertiary/aromatic N) is 3. The highest BCUT2D eigenvalue weighted by Crippen LogP contribution is 2.26. The van der Waals surface area contributed by atoms with E-state index in [1.165, 1.54) is 19.3 Å². The van der Waals surface area contributed by atoms with E-state index in [-0.39, 0.29) is 0 Å². The molecule has 0 aromatic carbocycles. The van der Waals surface area contributed by atoms with Crippen LogP contribution in [-0.4, -0.2) is 27.7 Å². The fourth-order valence-electron chi connectivity index (χ4n) is 2.24. The van der Waals surface area contributed by atoms with E-state index in [1.54, 1.807) is 0 Å². The van der Waals surface area contributed by atoms with Crippen LogP contribution in [0.15, 0.2) is 18.3 Å². The molecule has 1 fully saturated rings. The summed E-state index contributed by atoms with van der Waals surface area (Å²) in [5.74, 6) is 1.75. The van der Waals surface area contributed by atoms with Crippen molar-refractivity contribution in [3.8, 4) is 0 Å². The van der Waals surface area contributed by atoms with E-state index >= 15 is 0 Å². The Morgan fingerprint density at radius 3 is 3.00 bits per heavy atom. The highest BCUT2D eigenvalue weighted by atomic mass is 15.3. The second kappa shape index (κ2) is 4.94. The zero-order valence-corrected chi connectivity index (χ0v) is 10.5. The van der Waals surface area contributed by atoms with E-state index in [2.05, 4.69) is 15.4 Å². The Bertz CT molecular complexity index is 529. The van der Waals surface area contributed by atoms with Crippen molar-refractivity contribution in [3.63, 3.8) is 0 Å². The molecule has 0 aliphatic heterocycles. The summed E-state index contributed by atoms with van der Waals surface area (Å²) in [6.07, 6.45) is 6.83. The first-order valence-corrected chi connectivity index (χ1v) is 6.64. The van der Waals surface area contributed by atoms with Gasteiger partial charge in [-0.1, -0.05) is 6.42 Å². The van der Waals surface area contributed by atoms with Crippen LogP contribution in [0, 0.1) is 5.92 Å². The predicted molar refractivity (Wildman–Crippen MR) is 71.6 cm³/mol. The van der Waals surface area contributed by atoms with Crippen LogP contribution in [0.2, 0.25) is 0 Å². The number of nitrogens with one attached hydrogen (secondary N) is 1. The lowest BCUT2D eigenvalue weighted by Crippen LogP contribution is -2.21. The number of aromatic nitrogens is 3. The Labute approximate surface area is 106 Å². The molecular weight excluding hydrogens is 226 g/mol. The SMILES string of the molecule is NCCc1cn2nc(NCC3CCC3)ccc2n1. The molecule has 0 unspecified atom stereocenters. The molecule has 1 saturated carbocycles. The molecule has 1 aliphatic rings. The zero-order chi connectivity index (χ0) is 12.4. The van der Waals surface area contributed by atoms with Gasteiger partial charge in [-0.15, -0.1) is 5.10 Å². The number of fused-ring (bicyclic) bond motifs is 1. The third kappa shape index (κ3) is 2.31. The second-order valence-corrected chi connectivity index (χ2v) is 4.97. The van der Waals surface area contributed by atoms with Crippen LogP contribution in [0.4, 0.5) is 5.82 Å². The van der Waals surface area contributed by atoms with Crippen LogP contribution >= 0.6 is 0 Å². The maximum Gasteiger partial charge on any atom is 0.153 e. The van der Waals surface area contributed by atoms with Crippen molar-refractivity contribution in [1.29, 1.82) is 0 Å². The molecule has 0 amide bonds. The maximum absolute atomic E-state index is 5.53. The molecule has 2 aromatic heterocycles. The van der Waals surface area contributed by atoms with Gasteiger partial charge in [0.05, 0.1) is 11.9 Å². The summed E-state index contributed by atoms with van der Waals surface area (Å²) >= 11 is 0. The smallest absolute Gasteiger partial charge is 0.153 e. The van der Waals surface area contributed by atoms with Crippen molar-refractivity contribution in [3.05, 3.63) is 24.0 Å². The third-order valence-corrected chi connectivity index (χ3v) is 3.57. The predicted octanol–water partition coefficient (Wildman–Crippen LogP) is 1.44. The molecule has 5 heteroatoms. The van der Waals surface area contributed by atoms with E-state index in [9.17, 15) is 0 Å². The molecule has 0 saturated heterocycles. The maximum atomic E-state index is 5.53. The van der Waals surface area contributed by atoms with Crippen LogP contribution in [0.3, 0.4) is 0 Å². The van der Waals surface area contributed by atoms with Gasteiger partial charge in [-0.2, -0.15) is 0 Å². The summed E-state index contributed by atoms with van der Waals surface area (Å²) in [7, 11) is 0. The van der Waals surface area contributed by atoms with Gasteiger partial charge >= 0.3 is 0 Å². The minimum atomic E-state index is 0.622. The van der Waals surface area contributed by atoms with E-state index in [0.29, 0.717) is 6.54 Å². The molecule has 0 atom stereocenters. The monoisotopic (exact) mass is 245 g/mol. The first-order valence-electron chi connectivity index (χ1n) is 6.64. The quantitative estimate of drug-likeness (QED) is 0.836. The molecule has 96 valence electrons. The van der Waals surface area contributed by atoms with Gasteiger partial charge in [-0.05, 0) is 37.4 Å². The van der Waals surface area contributed by atoms with Crippen molar-refractivity contribution in [2.24, 2.45) is 11.7 Å². The van der Waals surface area contributed by atoms with Crippen molar-refractivity contribution in [1.82, 2.24) is 14.6 Å². The van der Waals surface area contributed by atoms with Crippen LogP contribution in [0.5, 0.6) is 0 Å². The van der Waals surface area contributed by atoms with Gasteiger partial charge in [0.2, 0.25) is 0 Å². The fraction of sp³-hybridized carbons (Fsp3) is 0.538. The molecule has 1 aliphatic carbocycles. The summed E-state index contributed by atoms with van der Waals surface area (Å²) in [5.41, 5.74) is 7.42. The Balaban J connectivity index is 1.72. The topological polar surface area (TPSA) is 68.2 Å². The Morgan fingerprint density at radius 2 is 2.28 bits per heavy atom. The van der Waals surface area contributed by atoms with Gasteiger partial charge in [-0.25, -0.2) is 9.50 Å². The number of hydrogen-bond donors (Lipinski definition) is 2. The van der Waals surface area contributed by atoms with Crippen molar-refractivity contribution < 1.29 is 0 Å². The summed E-state index contributed by atoms with van der Waals surface area (Å²) in [4.78, 5) is 4.46. The van der Waals surface area contributed by atoms with Crippen LogP contribution < -0.4 is 11.1 Å². The van der Waals surface area contributed by atoms with Gasteiger partial charge in [-0.3, -0.25) is 0 Å². The van der Waals surface area contributed by atoms with E-state index in [4.69, 9.17) is 5.73 Å². The minimum absolute atomic E-state index is 0.622. The Morgan fingerprint density at radius 1 is 1.39 bits per heavy atom. The Kier molecular flexibility index (Phi) is 3.15. The highest BCUT2D eigenvalue weighted by Gasteiger charge is 2.16. The lowest BCUT2D eigenvalue weighted by Gasteiger charge is -2.25. The molecule has 2 heterocycles. The van der Waals surface area contributed by atoms with E-state index < -0.39 is 0 Å². The number of hydrogen-bond acceptors (Lipinski definition) is 4. The molecule has 0 bridgehead atoms. The molecule has 2 aromatic rings. The van der Waals surface area contributed by atoms with Crippen LogP contribution in [0.25, 0.3) is 5.65 Å². The number of anilines is 1. The third-order valence-electron chi connectivity index (χ3n) is 3.57. The number of imidazole rings is 1. The molecule has 3 rings (SSSR count). The summed E-state index contributed by atoms with van der Waals surface area (Å²) < 4.78 is 1.83. The van der Waals surface area contributed by atoms with Gasteiger partial charge in [0.15, 0.2) is 5.65 Å². The second-order valence-electron chi connectivity index (χ2n) is 4.97. The van der Waals surface area contributed by atoms with Crippen molar-refractivity contribution in [2.45, 2.75) is 25.7 Å². The number of rotatable bonds is 5. The van der Waals surface area contributed by atoms with Crippen LogP contribution in [0.1, 0.15) is 25.0 Å². The summed E-state index contributed by atoms with van der Waals surface area (Å²) in [6, 6.07) is 3.99. The lowest BCUT2D eigenvalue weighted by molar-refractivity contribution is 0.333. The van der Waals surface area contributed by atoms with Gasteiger partial charge in [0.1, 0.15) is 5.82 Å². The van der Waals surface area contributed by atoms with Crippen molar-refractivity contribution >= 4 is 11.5 Å². The van der Waals surface area contributed by atoms with Gasteiger partial charge < -0.3 is 11.1 Å². The summed E-state index contributed by atoms with van der Waals surface area (Å²) in [6.45, 7) is 1.65. The molecule has 18 heavy (non-hydrogen) atoms. The Hall–Kier alpha value is -1.62. The zero-order valence-electron chi connectivity index (χ0n) is 10.5. The average molecular weight is 245 g/mol. The van der Waals surface area contributed by atoms with Gasteiger partial charge in [0, 0.05) is 13.0 Å². The molecule has 0 radical (unpaired) electrons. The van der Waals surface area contributed by atoms with Crippen LogP contribution in [-0.2, 0) is 6.42 Å². The first kappa shape index (κ1) is 11.5. The molecule has 3 N–H and O–H groups in total. The number of nitrogens with two attached hydrogens (primary N) is 1. The lowest BCUT2D eigenvalue weighted by atomic mass is 9.85. The minimum Gasteiger partial charge on any atom is -0.368 e. The summed E-state index contributed by atoms with van der Waals surface area (Å²) in [5, 5.41) is 7.91.